The second-order valence-corrected chi connectivity index (χ2v) is 7.68. The molecule has 1 aromatic heterocycles. The lowest BCUT2D eigenvalue weighted by Crippen LogP contribution is -2.32. The third-order valence-electron chi connectivity index (χ3n) is 3.61. The number of aliphatic carboxylic acids is 1. The lowest BCUT2D eigenvalue weighted by atomic mass is 9.98. The Kier molecular flexibility index (Phi) is 5.89. The molecule has 2 N–H and O–H groups in total. The van der Waals surface area contributed by atoms with Crippen molar-refractivity contribution < 1.29 is 19.1 Å². The number of thiazole rings is 1. The van der Waals surface area contributed by atoms with Crippen LogP contribution in [0.4, 0.5) is 4.39 Å². The monoisotopic (exact) mass is 364 g/mol. The summed E-state index contributed by atoms with van der Waals surface area (Å²) in [6.45, 7) is 6.09. The Morgan fingerprint density at radius 2 is 1.92 bits per heavy atom. The number of aromatic nitrogens is 1. The van der Waals surface area contributed by atoms with Crippen molar-refractivity contribution in [1.29, 1.82) is 0 Å². The van der Waals surface area contributed by atoms with E-state index in [2.05, 4.69) is 31.1 Å². The van der Waals surface area contributed by atoms with E-state index in [1.165, 1.54) is 35.6 Å². The van der Waals surface area contributed by atoms with Crippen molar-refractivity contribution in [3.8, 4) is 0 Å². The number of halogens is 1. The van der Waals surface area contributed by atoms with Gasteiger partial charge in [0.2, 0.25) is 5.91 Å². The van der Waals surface area contributed by atoms with E-state index < -0.39 is 17.7 Å². The molecule has 1 amide bonds. The molecular weight excluding hydrogens is 343 g/mol. The van der Waals surface area contributed by atoms with Crippen molar-refractivity contribution in [2.45, 2.75) is 38.5 Å². The van der Waals surface area contributed by atoms with Crippen LogP contribution in [0.1, 0.15) is 43.0 Å². The summed E-state index contributed by atoms with van der Waals surface area (Å²) in [7, 11) is 0. The Hall–Kier alpha value is -2.28. The van der Waals surface area contributed by atoms with Gasteiger partial charge in [0.15, 0.2) is 0 Å². The molecule has 0 radical (unpaired) electrons. The largest absolute Gasteiger partial charge is 0.481 e. The standard InChI is InChI=1S/C18H21FN2O3S/c1-18(2,3)17-21-13(10-25-17)8-15(22)20-9-14(16(23)24)11-4-6-12(19)7-5-11/h4-7,10,14H,8-9H2,1-3H3,(H,20,22)(H,23,24). The number of nitrogens with one attached hydrogen (secondary N) is 1. The quantitative estimate of drug-likeness (QED) is 0.825. The van der Waals surface area contributed by atoms with E-state index in [0.717, 1.165) is 5.01 Å². The van der Waals surface area contributed by atoms with E-state index in [-0.39, 0.29) is 24.3 Å². The van der Waals surface area contributed by atoms with Gasteiger partial charge in [0.25, 0.3) is 0 Å². The average molecular weight is 364 g/mol. The molecule has 7 heteroatoms. The van der Waals surface area contributed by atoms with Crippen molar-refractivity contribution in [1.82, 2.24) is 10.3 Å². The predicted octanol–water partition coefficient (Wildman–Crippen LogP) is 3.11. The zero-order valence-corrected chi connectivity index (χ0v) is 15.2. The van der Waals surface area contributed by atoms with Crippen LogP contribution in [0, 0.1) is 5.82 Å². The van der Waals surface area contributed by atoms with Crippen LogP contribution in [-0.4, -0.2) is 28.5 Å². The molecule has 0 bridgehead atoms. The van der Waals surface area contributed by atoms with Crippen LogP contribution in [0.25, 0.3) is 0 Å². The summed E-state index contributed by atoms with van der Waals surface area (Å²) in [5, 5.41) is 14.8. The molecule has 1 unspecified atom stereocenters. The smallest absolute Gasteiger partial charge is 0.312 e. The van der Waals surface area contributed by atoms with Gasteiger partial charge in [-0.3, -0.25) is 9.59 Å². The minimum absolute atomic E-state index is 0.0595. The van der Waals surface area contributed by atoms with Crippen LogP contribution in [0.5, 0.6) is 0 Å². The van der Waals surface area contributed by atoms with Crippen molar-refractivity contribution in [3.05, 3.63) is 51.7 Å². The zero-order chi connectivity index (χ0) is 18.6. The summed E-state index contributed by atoms with van der Waals surface area (Å²) in [5.41, 5.74) is 1.04. The predicted molar refractivity (Wildman–Crippen MR) is 94.3 cm³/mol. The minimum Gasteiger partial charge on any atom is -0.481 e. The molecule has 5 nitrogen and oxygen atoms in total. The van der Waals surface area contributed by atoms with Gasteiger partial charge in [0.1, 0.15) is 5.82 Å². The first-order valence-electron chi connectivity index (χ1n) is 7.86. The Balaban J connectivity index is 1.96. The van der Waals surface area contributed by atoms with Gasteiger partial charge in [-0.2, -0.15) is 0 Å². The fourth-order valence-corrected chi connectivity index (χ4v) is 3.13. The molecule has 0 saturated carbocycles. The molecule has 0 aliphatic heterocycles. The van der Waals surface area contributed by atoms with Crippen molar-refractivity contribution in [2.24, 2.45) is 0 Å². The highest BCUT2D eigenvalue weighted by atomic mass is 32.1. The molecule has 2 rings (SSSR count). The molecule has 1 aromatic carbocycles. The van der Waals surface area contributed by atoms with Gasteiger partial charge in [0.05, 0.1) is 23.0 Å². The number of benzene rings is 1. The van der Waals surface area contributed by atoms with Gasteiger partial charge in [-0.1, -0.05) is 32.9 Å². The zero-order valence-electron chi connectivity index (χ0n) is 14.4. The van der Waals surface area contributed by atoms with Crippen molar-refractivity contribution >= 4 is 23.2 Å². The van der Waals surface area contributed by atoms with Crippen LogP contribution < -0.4 is 5.32 Å². The molecule has 25 heavy (non-hydrogen) atoms. The first kappa shape index (κ1) is 19.1. The molecule has 0 aliphatic carbocycles. The molecule has 1 heterocycles. The molecule has 0 spiro atoms. The SMILES string of the molecule is CC(C)(C)c1nc(CC(=O)NCC(C(=O)O)c2ccc(F)cc2)cs1. The maximum atomic E-state index is 13.0. The number of hydrogen-bond acceptors (Lipinski definition) is 4. The van der Waals surface area contributed by atoms with Gasteiger partial charge in [0, 0.05) is 17.3 Å². The molecule has 0 fully saturated rings. The van der Waals surface area contributed by atoms with Gasteiger partial charge < -0.3 is 10.4 Å². The third-order valence-corrected chi connectivity index (χ3v) is 4.93. The molecule has 0 saturated heterocycles. The van der Waals surface area contributed by atoms with Gasteiger partial charge >= 0.3 is 5.97 Å². The van der Waals surface area contributed by atoms with E-state index >= 15 is 0 Å². The van der Waals surface area contributed by atoms with Crippen LogP contribution in [0.15, 0.2) is 29.6 Å². The van der Waals surface area contributed by atoms with Crippen LogP contribution >= 0.6 is 11.3 Å². The Labute approximate surface area is 149 Å². The molecule has 1 atom stereocenters. The number of rotatable bonds is 6. The van der Waals surface area contributed by atoms with Crippen LogP contribution in [0.3, 0.4) is 0 Å². The first-order valence-corrected chi connectivity index (χ1v) is 8.74. The Bertz CT molecular complexity index is 750. The molecule has 134 valence electrons. The number of hydrogen-bond donors (Lipinski definition) is 2. The normalized spacial score (nSPS) is 12.6. The number of carboxylic acids is 1. The van der Waals surface area contributed by atoms with Crippen molar-refractivity contribution in [2.75, 3.05) is 6.54 Å². The van der Waals surface area contributed by atoms with E-state index in [4.69, 9.17) is 0 Å². The summed E-state index contributed by atoms with van der Waals surface area (Å²) in [4.78, 5) is 27.9. The third kappa shape index (κ3) is 5.35. The van der Waals surface area contributed by atoms with Gasteiger partial charge in [-0.05, 0) is 17.7 Å². The minimum atomic E-state index is -1.07. The number of carbonyl (C=O) groups is 2. The number of carboxylic acid groups (broad SMARTS) is 1. The van der Waals surface area contributed by atoms with Crippen LogP contribution in [0.2, 0.25) is 0 Å². The fraction of sp³-hybridized carbons (Fsp3) is 0.389. The van der Waals surface area contributed by atoms with Crippen LogP contribution in [-0.2, 0) is 21.4 Å². The highest BCUT2D eigenvalue weighted by molar-refractivity contribution is 7.09. The molecular formula is C18H21FN2O3S. The maximum absolute atomic E-state index is 13.0. The maximum Gasteiger partial charge on any atom is 0.312 e. The van der Waals surface area contributed by atoms with Crippen molar-refractivity contribution in [3.63, 3.8) is 0 Å². The summed E-state index contributed by atoms with van der Waals surface area (Å²) < 4.78 is 13.0. The van der Waals surface area contributed by atoms with Gasteiger partial charge in [-0.25, -0.2) is 9.37 Å². The lowest BCUT2D eigenvalue weighted by Gasteiger charge is -2.14. The van der Waals surface area contributed by atoms with E-state index in [9.17, 15) is 19.1 Å². The second-order valence-electron chi connectivity index (χ2n) is 6.82. The topological polar surface area (TPSA) is 79.3 Å². The number of carbonyl (C=O) groups excluding carboxylic acids is 1. The Morgan fingerprint density at radius 3 is 2.44 bits per heavy atom. The number of nitrogens with zero attached hydrogens (tertiary/aromatic N) is 1. The van der Waals surface area contributed by atoms with Gasteiger partial charge in [-0.15, -0.1) is 11.3 Å². The van der Waals surface area contributed by atoms with E-state index in [0.29, 0.717) is 11.3 Å². The number of amides is 1. The first-order chi connectivity index (χ1) is 11.7. The fourth-order valence-electron chi connectivity index (χ4n) is 2.22. The summed E-state index contributed by atoms with van der Waals surface area (Å²) in [6.07, 6.45) is 0.0995. The molecule has 0 aliphatic rings. The lowest BCUT2D eigenvalue weighted by molar-refractivity contribution is -0.138. The van der Waals surface area contributed by atoms with E-state index in [1.807, 2.05) is 5.38 Å². The molecule has 2 aromatic rings. The van der Waals surface area contributed by atoms with E-state index in [1.54, 1.807) is 0 Å². The highest BCUT2D eigenvalue weighted by Crippen LogP contribution is 2.25. The summed E-state index contributed by atoms with van der Waals surface area (Å²) in [6, 6.07) is 5.24. The summed E-state index contributed by atoms with van der Waals surface area (Å²) in [5.74, 6) is -2.73. The Morgan fingerprint density at radius 1 is 1.28 bits per heavy atom. The average Bonchev–Trinajstić information content (AvgIpc) is 2.97. The summed E-state index contributed by atoms with van der Waals surface area (Å²) >= 11 is 1.51. The highest BCUT2D eigenvalue weighted by Gasteiger charge is 2.22. The second kappa shape index (κ2) is 7.74.